The molecule has 1 aromatic rings. The van der Waals surface area contributed by atoms with Crippen LogP contribution in [0, 0.1) is 6.92 Å². The first-order valence-corrected chi connectivity index (χ1v) is 5.73. The molecular formula is C13H17NO2. The van der Waals surface area contributed by atoms with Gasteiger partial charge in [-0.25, -0.2) is 0 Å². The van der Waals surface area contributed by atoms with Gasteiger partial charge in [0.25, 0.3) is 0 Å². The van der Waals surface area contributed by atoms with Crippen molar-refractivity contribution in [2.75, 3.05) is 18.0 Å². The summed E-state index contributed by atoms with van der Waals surface area (Å²) in [5.74, 6) is -0.705. The summed E-state index contributed by atoms with van der Waals surface area (Å²) >= 11 is 0. The Labute approximate surface area is 95.7 Å². The number of benzene rings is 1. The molecule has 3 heteroatoms. The Bertz CT molecular complexity index is 401. The number of anilines is 1. The smallest absolute Gasteiger partial charge is 0.303 e. The first kappa shape index (κ1) is 11.0. The van der Waals surface area contributed by atoms with E-state index in [1.165, 1.54) is 16.8 Å². The van der Waals surface area contributed by atoms with E-state index in [4.69, 9.17) is 5.11 Å². The van der Waals surface area contributed by atoms with Crippen molar-refractivity contribution in [3.8, 4) is 0 Å². The van der Waals surface area contributed by atoms with E-state index in [0.717, 1.165) is 25.9 Å². The predicted octanol–water partition coefficient (Wildman–Crippen LogP) is 2.22. The van der Waals surface area contributed by atoms with Gasteiger partial charge >= 0.3 is 5.97 Å². The first-order chi connectivity index (χ1) is 7.66. The van der Waals surface area contributed by atoms with Gasteiger partial charge in [-0.3, -0.25) is 4.79 Å². The average Bonchev–Trinajstić information content (AvgIpc) is 2.60. The highest BCUT2D eigenvalue weighted by atomic mass is 16.4. The van der Waals surface area contributed by atoms with Crippen LogP contribution in [-0.4, -0.2) is 24.2 Å². The van der Waals surface area contributed by atoms with E-state index < -0.39 is 5.97 Å². The van der Waals surface area contributed by atoms with Crippen molar-refractivity contribution in [1.29, 1.82) is 0 Å². The van der Waals surface area contributed by atoms with Crippen molar-refractivity contribution in [3.05, 3.63) is 29.3 Å². The van der Waals surface area contributed by atoms with E-state index in [-0.39, 0.29) is 6.42 Å². The minimum atomic E-state index is -0.705. The molecule has 0 aliphatic carbocycles. The second kappa shape index (κ2) is 4.56. The lowest BCUT2D eigenvalue weighted by molar-refractivity contribution is -0.137. The number of fused-ring (bicyclic) bond motifs is 1. The van der Waals surface area contributed by atoms with Crippen molar-refractivity contribution in [2.45, 2.75) is 26.2 Å². The molecule has 0 amide bonds. The lowest BCUT2D eigenvalue weighted by Gasteiger charge is -2.18. The fourth-order valence-corrected chi connectivity index (χ4v) is 2.25. The molecule has 1 aliphatic rings. The molecule has 1 aliphatic heterocycles. The number of carbonyl (C=O) groups is 1. The highest BCUT2D eigenvalue weighted by Crippen LogP contribution is 2.28. The third-order valence-electron chi connectivity index (χ3n) is 3.05. The van der Waals surface area contributed by atoms with Gasteiger partial charge < -0.3 is 10.0 Å². The zero-order chi connectivity index (χ0) is 11.5. The van der Waals surface area contributed by atoms with Gasteiger partial charge in [0.05, 0.1) is 0 Å². The molecule has 0 aromatic heterocycles. The van der Waals surface area contributed by atoms with Crippen LogP contribution in [0.4, 0.5) is 5.69 Å². The highest BCUT2D eigenvalue weighted by molar-refractivity contribution is 5.66. The number of carboxylic acid groups (broad SMARTS) is 1. The van der Waals surface area contributed by atoms with E-state index in [1.54, 1.807) is 0 Å². The molecule has 0 saturated carbocycles. The second-order valence-electron chi connectivity index (χ2n) is 4.37. The van der Waals surface area contributed by atoms with Crippen molar-refractivity contribution in [2.24, 2.45) is 0 Å². The Morgan fingerprint density at radius 3 is 3.06 bits per heavy atom. The summed E-state index contributed by atoms with van der Waals surface area (Å²) in [4.78, 5) is 12.7. The van der Waals surface area contributed by atoms with E-state index in [0.29, 0.717) is 0 Å². The molecule has 0 radical (unpaired) electrons. The van der Waals surface area contributed by atoms with Gasteiger partial charge in [0.15, 0.2) is 0 Å². The summed E-state index contributed by atoms with van der Waals surface area (Å²) in [6.45, 7) is 3.98. The van der Waals surface area contributed by atoms with E-state index in [1.807, 2.05) is 0 Å². The van der Waals surface area contributed by atoms with Gasteiger partial charge in [0.2, 0.25) is 0 Å². The van der Waals surface area contributed by atoms with E-state index in [9.17, 15) is 4.79 Å². The monoisotopic (exact) mass is 219 g/mol. The van der Waals surface area contributed by atoms with Crippen molar-refractivity contribution < 1.29 is 9.90 Å². The molecule has 0 unspecified atom stereocenters. The zero-order valence-corrected chi connectivity index (χ0v) is 9.57. The Morgan fingerprint density at radius 2 is 2.31 bits per heavy atom. The Hall–Kier alpha value is -1.51. The second-order valence-corrected chi connectivity index (χ2v) is 4.37. The Balaban J connectivity index is 1.98. The number of hydrogen-bond donors (Lipinski definition) is 1. The van der Waals surface area contributed by atoms with Crippen LogP contribution in [0.5, 0.6) is 0 Å². The third-order valence-corrected chi connectivity index (χ3v) is 3.05. The number of hydrogen-bond acceptors (Lipinski definition) is 2. The third kappa shape index (κ3) is 2.35. The molecule has 1 N–H and O–H groups in total. The fourth-order valence-electron chi connectivity index (χ4n) is 2.25. The van der Waals surface area contributed by atoms with Crippen molar-refractivity contribution in [3.63, 3.8) is 0 Å². The Morgan fingerprint density at radius 1 is 1.50 bits per heavy atom. The van der Waals surface area contributed by atoms with Crippen LogP contribution in [0.3, 0.4) is 0 Å². The molecule has 16 heavy (non-hydrogen) atoms. The van der Waals surface area contributed by atoms with Crippen LogP contribution in [0.1, 0.15) is 24.0 Å². The normalized spacial score (nSPS) is 13.9. The standard InChI is InChI=1S/C13H17NO2/c1-10-4-5-12-11(9-10)6-8-14(12)7-2-3-13(15)16/h4-5,9H,2-3,6-8H2,1H3,(H,15,16). The summed E-state index contributed by atoms with van der Waals surface area (Å²) in [5.41, 5.74) is 3.98. The van der Waals surface area contributed by atoms with Gasteiger partial charge in [-0.2, -0.15) is 0 Å². The van der Waals surface area contributed by atoms with Gasteiger partial charge in [-0.05, 0) is 31.4 Å². The van der Waals surface area contributed by atoms with Gasteiger partial charge in [-0.15, -0.1) is 0 Å². The highest BCUT2D eigenvalue weighted by Gasteiger charge is 2.18. The molecule has 0 saturated heterocycles. The van der Waals surface area contributed by atoms with Crippen LogP contribution < -0.4 is 4.90 Å². The van der Waals surface area contributed by atoms with Gasteiger partial charge in [0.1, 0.15) is 0 Å². The summed E-state index contributed by atoms with van der Waals surface area (Å²) in [7, 11) is 0. The van der Waals surface area contributed by atoms with Crippen LogP contribution >= 0.6 is 0 Å². The molecule has 0 atom stereocenters. The van der Waals surface area contributed by atoms with Crippen LogP contribution in [-0.2, 0) is 11.2 Å². The fraction of sp³-hybridized carbons (Fsp3) is 0.462. The van der Waals surface area contributed by atoms with E-state index in [2.05, 4.69) is 30.0 Å². The molecule has 2 rings (SSSR count). The lowest BCUT2D eigenvalue weighted by atomic mass is 10.1. The van der Waals surface area contributed by atoms with Crippen LogP contribution in [0.25, 0.3) is 0 Å². The van der Waals surface area contributed by atoms with Crippen LogP contribution in [0.2, 0.25) is 0 Å². The van der Waals surface area contributed by atoms with Crippen LogP contribution in [0.15, 0.2) is 18.2 Å². The summed E-state index contributed by atoms with van der Waals surface area (Å²) < 4.78 is 0. The van der Waals surface area contributed by atoms with Crippen molar-refractivity contribution in [1.82, 2.24) is 0 Å². The minimum absolute atomic E-state index is 0.262. The largest absolute Gasteiger partial charge is 0.481 e. The lowest BCUT2D eigenvalue weighted by Crippen LogP contribution is -2.22. The maximum atomic E-state index is 10.4. The van der Waals surface area contributed by atoms with Gasteiger partial charge in [-0.1, -0.05) is 17.7 Å². The molecule has 3 nitrogen and oxygen atoms in total. The zero-order valence-electron chi connectivity index (χ0n) is 9.57. The topological polar surface area (TPSA) is 40.5 Å². The summed E-state index contributed by atoms with van der Waals surface area (Å²) in [5, 5.41) is 8.60. The molecule has 0 spiro atoms. The number of rotatable bonds is 4. The molecule has 1 aromatic carbocycles. The maximum absolute atomic E-state index is 10.4. The Kier molecular flexibility index (Phi) is 3.13. The molecule has 0 fully saturated rings. The maximum Gasteiger partial charge on any atom is 0.303 e. The molecule has 0 bridgehead atoms. The SMILES string of the molecule is Cc1ccc2c(c1)CCN2CCCC(=O)O. The number of aliphatic carboxylic acids is 1. The van der Waals surface area contributed by atoms with Gasteiger partial charge in [0, 0.05) is 25.2 Å². The molecule has 1 heterocycles. The predicted molar refractivity (Wildman–Crippen MR) is 64.0 cm³/mol. The summed E-state index contributed by atoms with van der Waals surface area (Å²) in [6, 6.07) is 6.50. The molecular weight excluding hydrogens is 202 g/mol. The number of nitrogens with zero attached hydrogens (tertiary/aromatic N) is 1. The minimum Gasteiger partial charge on any atom is -0.481 e. The first-order valence-electron chi connectivity index (χ1n) is 5.73. The average molecular weight is 219 g/mol. The van der Waals surface area contributed by atoms with E-state index >= 15 is 0 Å². The summed E-state index contributed by atoms with van der Waals surface area (Å²) in [6.07, 6.45) is 2.07. The van der Waals surface area contributed by atoms with Crippen molar-refractivity contribution >= 4 is 11.7 Å². The quantitative estimate of drug-likeness (QED) is 0.844. The number of aryl methyl sites for hydroxylation is 1. The molecule has 86 valence electrons. The number of carboxylic acids is 1.